The number of esters is 1. The molecular weight excluding hydrogens is 244 g/mol. The third kappa shape index (κ3) is 2.21. The Hall–Kier alpha value is -0.870. The van der Waals surface area contributed by atoms with Gasteiger partial charge in [-0.25, -0.2) is 0 Å². The first kappa shape index (κ1) is 13.1. The van der Waals surface area contributed by atoms with Gasteiger partial charge in [0.2, 0.25) is 0 Å². The molecule has 106 valence electrons. The van der Waals surface area contributed by atoms with Crippen molar-refractivity contribution in [2.24, 2.45) is 11.8 Å². The molecule has 1 N–H and O–H groups in total. The van der Waals surface area contributed by atoms with Crippen LogP contribution in [0, 0.1) is 11.8 Å². The molecule has 2 aliphatic heterocycles. The van der Waals surface area contributed by atoms with Crippen LogP contribution in [0.5, 0.6) is 0 Å². The van der Waals surface area contributed by atoms with Crippen molar-refractivity contribution in [1.29, 1.82) is 0 Å². The third-order valence-electron chi connectivity index (χ3n) is 5.09. The lowest BCUT2D eigenvalue weighted by atomic mass is 9.82. The Kier molecular flexibility index (Phi) is 2.98. The molecule has 0 bridgehead atoms. The summed E-state index contributed by atoms with van der Waals surface area (Å²) in [6, 6.07) is 0. The molecule has 2 unspecified atom stereocenters. The van der Waals surface area contributed by atoms with E-state index in [-0.39, 0.29) is 35.6 Å². The molecule has 2 fully saturated rings. The second-order valence-electron chi connectivity index (χ2n) is 6.47. The molecule has 3 rings (SSSR count). The monoisotopic (exact) mass is 266 g/mol. The van der Waals surface area contributed by atoms with Crippen molar-refractivity contribution in [2.45, 2.75) is 63.9 Å². The first-order valence-electron chi connectivity index (χ1n) is 7.15. The maximum absolute atomic E-state index is 11.8. The Morgan fingerprint density at radius 3 is 2.95 bits per heavy atom. The van der Waals surface area contributed by atoms with Crippen molar-refractivity contribution in [3.63, 3.8) is 0 Å². The number of aliphatic hydroxyl groups excluding tert-OH is 1. The lowest BCUT2D eigenvalue weighted by Crippen LogP contribution is -2.25. The third-order valence-corrected chi connectivity index (χ3v) is 5.09. The quantitative estimate of drug-likeness (QED) is 0.413. The summed E-state index contributed by atoms with van der Waals surface area (Å²) in [5, 5.41) is 10.2. The number of aliphatic hydroxyl groups is 1. The van der Waals surface area contributed by atoms with E-state index in [1.807, 2.05) is 19.9 Å². The van der Waals surface area contributed by atoms with Crippen LogP contribution in [0.3, 0.4) is 0 Å². The van der Waals surface area contributed by atoms with Gasteiger partial charge in [0.15, 0.2) is 0 Å². The highest BCUT2D eigenvalue weighted by Crippen LogP contribution is 2.47. The van der Waals surface area contributed by atoms with Gasteiger partial charge in [-0.3, -0.25) is 4.79 Å². The molecule has 4 nitrogen and oxygen atoms in total. The number of hydrogen-bond donors (Lipinski definition) is 1. The van der Waals surface area contributed by atoms with Crippen molar-refractivity contribution >= 4 is 5.97 Å². The van der Waals surface area contributed by atoms with E-state index in [0.717, 1.165) is 18.4 Å². The van der Waals surface area contributed by atoms with Crippen molar-refractivity contribution in [3.05, 3.63) is 11.6 Å². The van der Waals surface area contributed by atoms with Gasteiger partial charge in [-0.1, -0.05) is 6.92 Å². The average molecular weight is 266 g/mol. The van der Waals surface area contributed by atoms with Crippen molar-refractivity contribution in [3.8, 4) is 0 Å². The van der Waals surface area contributed by atoms with E-state index in [1.165, 1.54) is 0 Å². The predicted molar refractivity (Wildman–Crippen MR) is 69.4 cm³/mol. The van der Waals surface area contributed by atoms with E-state index in [0.29, 0.717) is 6.42 Å². The molecule has 2 heterocycles. The fraction of sp³-hybridized carbons (Fsp3) is 0.800. The molecule has 0 aromatic carbocycles. The Morgan fingerprint density at radius 2 is 2.21 bits per heavy atom. The lowest BCUT2D eigenvalue weighted by molar-refractivity contribution is -0.142. The largest absolute Gasteiger partial charge is 0.458 e. The van der Waals surface area contributed by atoms with Crippen molar-refractivity contribution in [1.82, 2.24) is 0 Å². The normalized spacial score (nSPS) is 52.5. The molecule has 19 heavy (non-hydrogen) atoms. The molecule has 0 radical (unpaired) electrons. The lowest BCUT2D eigenvalue weighted by Gasteiger charge is -2.21. The summed E-state index contributed by atoms with van der Waals surface area (Å²) in [6.07, 6.45) is 3.90. The molecule has 0 aromatic heterocycles. The second-order valence-corrected chi connectivity index (χ2v) is 6.47. The van der Waals surface area contributed by atoms with Crippen LogP contribution in [-0.2, 0) is 14.3 Å². The summed E-state index contributed by atoms with van der Waals surface area (Å²) >= 11 is 0. The molecular formula is C15H22O4. The zero-order valence-corrected chi connectivity index (χ0v) is 11.8. The SMILES string of the molecule is C/C1=C\[C@H]2OC(=O)C(C)C2CC[C@]2(C)O[C@@H]2C[C@@H]1O. The highest BCUT2D eigenvalue weighted by atomic mass is 16.6. The standard InChI is InChI=1S/C15H22O4/c1-8-6-12-10(9(2)14(17)18-12)4-5-15(3)13(19-15)7-11(8)16/h6,9-13,16H,4-5,7H2,1-3H3/b8-6+/t9?,10?,11-,12+,13+,15-/m0/s1. The number of epoxide rings is 1. The average Bonchev–Trinajstić information content (AvgIpc) is 2.89. The number of hydrogen-bond acceptors (Lipinski definition) is 4. The highest BCUT2D eigenvalue weighted by Gasteiger charge is 2.54. The van der Waals surface area contributed by atoms with Crippen LogP contribution >= 0.6 is 0 Å². The van der Waals surface area contributed by atoms with Crippen LogP contribution in [0.15, 0.2) is 11.6 Å². The summed E-state index contributed by atoms with van der Waals surface area (Å²) in [5.74, 6) is 0.0204. The fourth-order valence-electron chi connectivity index (χ4n) is 3.38. The molecule has 0 amide bonds. The van der Waals surface area contributed by atoms with Gasteiger partial charge in [-0.2, -0.15) is 0 Å². The zero-order chi connectivity index (χ0) is 13.8. The van der Waals surface area contributed by atoms with Gasteiger partial charge in [0.1, 0.15) is 6.10 Å². The van der Waals surface area contributed by atoms with E-state index in [9.17, 15) is 9.90 Å². The zero-order valence-electron chi connectivity index (χ0n) is 11.8. The number of rotatable bonds is 0. The molecule has 6 atom stereocenters. The summed E-state index contributed by atoms with van der Waals surface area (Å²) in [6.45, 7) is 5.94. The molecule has 2 saturated heterocycles. The minimum atomic E-state index is -0.500. The highest BCUT2D eigenvalue weighted by molar-refractivity contribution is 5.75. The predicted octanol–water partition coefficient (Wildman–Crippen LogP) is 1.81. The molecule has 0 spiro atoms. The molecule has 0 aromatic rings. The molecule has 4 heteroatoms. The minimum absolute atomic E-state index is 0.0635. The Balaban J connectivity index is 1.87. The summed E-state index contributed by atoms with van der Waals surface area (Å²) < 4.78 is 11.2. The van der Waals surface area contributed by atoms with E-state index in [4.69, 9.17) is 9.47 Å². The van der Waals surface area contributed by atoms with Gasteiger partial charge in [-0.05, 0) is 38.3 Å². The Labute approximate surface area is 113 Å². The van der Waals surface area contributed by atoms with Gasteiger partial charge in [-0.15, -0.1) is 0 Å². The Morgan fingerprint density at radius 1 is 1.47 bits per heavy atom. The van der Waals surface area contributed by atoms with E-state index in [2.05, 4.69) is 6.92 Å². The van der Waals surface area contributed by atoms with Gasteiger partial charge >= 0.3 is 5.97 Å². The fourth-order valence-corrected chi connectivity index (χ4v) is 3.38. The number of ether oxygens (including phenoxy) is 2. The van der Waals surface area contributed by atoms with Gasteiger partial charge < -0.3 is 14.6 Å². The van der Waals surface area contributed by atoms with E-state index in [1.54, 1.807) is 0 Å². The van der Waals surface area contributed by atoms with Crippen molar-refractivity contribution < 1.29 is 19.4 Å². The maximum Gasteiger partial charge on any atom is 0.309 e. The first-order valence-corrected chi connectivity index (χ1v) is 7.15. The number of carbonyl (C=O) groups excluding carboxylic acids is 1. The van der Waals surface area contributed by atoms with Gasteiger partial charge in [0, 0.05) is 12.3 Å². The van der Waals surface area contributed by atoms with E-state index < -0.39 is 6.10 Å². The van der Waals surface area contributed by atoms with Crippen LogP contribution in [-0.4, -0.2) is 35.0 Å². The van der Waals surface area contributed by atoms with Crippen LogP contribution in [0.25, 0.3) is 0 Å². The smallest absolute Gasteiger partial charge is 0.309 e. The summed E-state index contributed by atoms with van der Waals surface area (Å²) in [7, 11) is 0. The van der Waals surface area contributed by atoms with Crippen molar-refractivity contribution in [2.75, 3.05) is 0 Å². The summed E-state index contributed by atoms with van der Waals surface area (Å²) in [4.78, 5) is 11.8. The minimum Gasteiger partial charge on any atom is -0.458 e. The molecule has 0 saturated carbocycles. The van der Waals surface area contributed by atoms with Crippen LogP contribution in [0.1, 0.15) is 40.0 Å². The number of fused-ring (bicyclic) bond motifs is 2. The first-order chi connectivity index (χ1) is 8.90. The topological polar surface area (TPSA) is 59.1 Å². The second kappa shape index (κ2) is 4.32. The maximum atomic E-state index is 11.8. The summed E-state index contributed by atoms with van der Waals surface area (Å²) in [5.41, 5.74) is 0.769. The molecule has 3 aliphatic rings. The van der Waals surface area contributed by atoms with Crippen LogP contribution in [0.2, 0.25) is 0 Å². The number of carbonyl (C=O) groups is 1. The van der Waals surface area contributed by atoms with Crippen LogP contribution in [0.4, 0.5) is 0 Å². The Bertz CT molecular complexity index is 430. The van der Waals surface area contributed by atoms with Gasteiger partial charge in [0.05, 0.1) is 23.7 Å². The van der Waals surface area contributed by atoms with Crippen LogP contribution < -0.4 is 0 Å². The molecule has 1 aliphatic carbocycles. The van der Waals surface area contributed by atoms with E-state index >= 15 is 0 Å². The van der Waals surface area contributed by atoms with Gasteiger partial charge in [0.25, 0.3) is 0 Å².